The molecule has 2 heterocycles. The second-order valence-corrected chi connectivity index (χ2v) is 6.03. The van der Waals surface area contributed by atoms with Crippen LogP contribution in [0.1, 0.15) is 18.2 Å². The lowest BCUT2D eigenvalue weighted by molar-refractivity contribution is -0.122. The maximum atomic E-state index is 9.63. The third kappa shape index (κ3) is 4.17. The Bertz CT molecular complexity index is 1060. The third-order valence-electron chi connectivity index (χ3n) is 4.54. The second-order valence-electron chi connectivity index (χ2n) is 6.03. The van der Waals surface area contributed by atoms with Crippen molar-refractivity contribution in [1.82, 2.24) is 14.8 Å². The molecule has 3 N–H and O–H groups in total. The van der Waals surface area contributed by atoms with E-state index < -0.39 is 0 Å². The number of nitriles is 1. The van der Waals surface area contributed by atoms with Crippen LogP contribution in [0.25, 0.3) is 22.4 Å². The van der Waals surface area contributed by atoms with Crippen molar-refractivity contribution in [2.45, 2.75) is 20.4 Å². The Morgan fingerprint density at radius 3 is 2.33 bits per heavy atom. The van der Waals surface area contributed by atoms with Gasteiger partial charge in [0.05, 0.1) is 31.7 Å². The molecule has 0 saturated carbocycles. The molecule has 0 atom stereocenters. The molecule has 3 aromatic rings. The second kappa shape index (κ2) is 9.93. The molecule has 9 heteroatoms. The molecule has 30 heavy (non-hydrogen) atoms. The predicted molar refractivity (Wildman–Crippen MR) is 112 cm³/mol. The van der Waals surface area contributed by atoms with Crippen molar-refractivity contribution in [2.24, 2.45) is 0 Å². The largest absolute Gasteiger partial charge is 0.496 e. The minimum atomic E-state index is -0.250. The number of nitrogens with two attached hydrogens (primary N) is 1. The van der Waals surface area contributed by atoms with Gasteiger partial charge in [0, 0.05) is 23.4 Å². The number of carboxylic acid groups (broad SMARTS) is 1. The van der Waals surface area contributed by atoms with Gasteiger partial charge >= 0.3 is 0 Å². The topological polar surface area (TPSA) is 136 Å². The van der Waals surface area contributed by atoms with E-state index >= 15 is 0 Å². The summed E-state index contributed by atoms with van der Waals surface area (Å²) in [4.78, 5) is 12.8. The van der Waals surface area contributed by atoms with Gasteiger partial charge in [-0.2, -0.15) is 10.4 Å². The van der Waals surface area contributed by atoms with E-state index in [2.05, 4.69) is 16.2 Å². The Kier molecular flexibility index (Phi) is 7.36. The van der Waals surface area contributed by atoms with Crippen LogP contribution in [0.3, 0.4) is 0 Å². The maximum absolute atomic E-state index is 9.63. The van der Waals surface area contributed by atoms with Gasteiger partial charge in [-0.05, 0) is 32.0 Å². The Hall–Kier alpha value is -4.06. The van der Waals surface area contributed by atoms with E-state index in [1.54, 1.807) is 20.4 Å². The van der Waals surface area contributed by atoms with E-state index in [9.17, 15) is 5.26 Å². The molecule has 156 valence electrons. The predicted octanol–water partition coefficient (Wildman–Crippen LogP) is 3.11. The molecule has 0 saturated heterocycles. The quantitative estimate of drug-likeness (QED) is 0.613. The number of pyridine rings is 1. The highest BCUT2D eigenvalue weighted by Crippen LogP contribution is 2.40. The zero-order chi connectivity index (χ0) is 22.3. The van der Waals surface area contributed by atoms with Gasteiger partial charge in [0.1, 0.15) is 28.9 Å². The average Bonchev–Trinajstić information content (AvgIpc) is 3.13. The molecule has 2 aromatic heterocycles. The fraction of sp³-hybridized carbons (Fsp3) is 0.238. The van der Waals surface area contributed by atoms with Gasteiger partial charge in [0.25, 0.3) is 6.47 Å². The van der Waals surface area contributed by atoms with Gasteiger partial charge < -0.3 is 20.3 Å². The van der Waals surface area contributed by atoms with Gasteiger partial charge in [-0.3, -0.25) is 9.48 Å². The zero-order valence-electron chi connectivity index (χ0n) is 17.2. The van der Waals surface area contributed by atoms with Crippen LogP contribution in [-0.4, -0.2) is 40.6 Å². The number of aromatic nitrogens is 3. The molecule has 3 rings (SSSR count). The van der Waals surface area contributed by atoms with E-state index in [4.69, 9.17) is 25.1 Å². The summed E-state index contributed by atoms with van der Waals surface area (Å²) < 4.78 is 12.8. The molecule has 0 spiro atoms. The van der Waals surface area contributed by atoms with Crippen LogP contribution in [-0.2, 0) is 11.3 Å². The number of benzene rings is 1. The first-order chi connectivity index (χ1) is 14.5. The number of aryl methyl sites for hydroxylation is 1. The molecule has 9 nitrogen and oxygen atoms in total. The van der Waals surface area contributed by atoms with Gasteiger partial charge in [-0.1, -0.05) is 6.07 Å². The fourth-order valence-electron chi connectivity index (χ4n) is 3.16. The van der Waals surface area contributed by atoms with Crippen molar-refractivity contribution < 1.29 is 19.4 Å². The monoisotopic (exact) mass is 409 g/mol. The summed E-state index contributed by atoms with van der Waals surface area (Å²) in [5.41, 5.74) is 10.2. The van der Waals surface area contributed by atoms with Gasteiger partial charge in [-0.25, -0.2) is 4.98 Å². The molecule has 0 aliphatic rings. The van der Waals surface area contributed by atoms with E-state index in [1.165, 1.54) is 0 Å². The molecule has 0 amide bonds. The fourth-order valence-corrected chi connectivity index (χ4v) is 3.16. The number of ether oxygens (including phenoxy) is 2. The summed E-state index contributed by atoms with van der Waals surface area (Å²) in [6.07, 6.45) is 1.75. The minimum absolute atomic E-state index is 0.154. The van der Waals surface area contributed by atoms with Crippen LogP contribution in [0.5, 0.6) is 11.5 Å². The van der Waals surface area contributed by atoms with E-state index in [1.807, 2.05) is 42.8 Å². The number of anilines is 1. The van der Waals surface area contributed by atoms with Crippen LogP contribution in [0.2, 0.25) is 0 Å². The zero-order valence-corrected chi connectivity index (χ0v) is 17.2. The molecule has 0 bridgehead atoms. The number of nitrogens with zero attached hydrogens (tertiary/aromatic N) is 4. The Morgan fingerprint density at radius 1 is 1.27 bits per heavy atom. The van der Waals surface area contributed by atoms with Crippen LogP contribution >= 0.6 is 0 Å². The van der Waals surface area contributed by atoms with Crippen molar-refractivity contribution in [2.75, 3.05) is 20.0 Å². The molecule has 1 aromatic carbocycles. The summed E-state index contributed by atoms with van der Waals surface area (Å²) in [5.74, 6) is 1.37. The highest BCUT2D eigenvalue weighted by Gasteiger charge is 2.20. The molecular formula is C21H23N5O4. The number of carbonyl (C=O) groups is 1. The van der Waals surface area contributed by atoms with Crippen molar-refractivity contribution in [3.63, 3.8) is 0 Å². The summed E-state index contributed by atoms with van der Waals surface area (Å²) >= 11 is 0. The molecule has 0 unspecified atom stereocenters. The molecule has 0 aliphatic carbocycles. The highest BCUT2D eigenvalue weighted by atomic mass is 16.5. The Labute approximate surface area is 174 Å². The molecule has 0 aliphatic heterocycles. The number of methoxy groups -OCH3 is 2. The van der Waals surface area contributed by atoms with Gasteiger partial charge in [0.15, 0.2) is 0 Å². The van der Waals surface area contributed by atoms with Gasteiger partial charge in [0.2, 0.25) is 0 Å². The molecular weight excluding hydrogens is 386 g/mol. The number of hydrogen-bond acceptors (Lipinski definition) is 7. The first kappa shape index (κ1) is 22.2. The highest BCUT2D eigenvalue weighted by molar-refractivity contribution is 5.84. The summed E-state index contributed by atoms with van der Waals surface area (Å²) in [7, 11) is 3.17. The number of nitrogen functional groups attached to an aromatic ring is 1. The lowest BCUT2D eigenvalue weighted by atomic mass is 9.98. The number of hydrogen-bond donors (Lipinski definition) is 2. The van der Waals surface area contributed by atoms with Crippen molar-refractivity contribution in [3.8, 4) is 40.0 Å². The van der Waals surface area contributed by atoms with Crippen LogP contribution < -0.4 is 15.2 Å². The Morgan fingerprint density at radius 2 is 1.87 bits per heavy atom. The summed E-state index contributed by atoms with van der Waals surface area (Å²) in [6.45, 7) is 4.47. The average molecular weight is 409 g/mol. The van der Waals surface area contributed by atoms with Crippen molar-refractivity contribution >= 4 is 12.3 Å². The van der Waals surface area contributed by atoms with Crippen LogP contribution in [0.15, 0.2) is 30.5 Å². The smallest absolute Gasteiger partial charge is 0.290 e. The van der Waals surface area contributed by atoms with Crippen LogP contribution in [0, 0.1) is 18.3 Å². The normalized spacial score (nSPS) is 9.83. The van der Waals surface area contributed by atoms with Crippen molar-refractivity contribution in [3.05, 3.63) is 41.7 Å². The first-order valence-corrected chi connectivity index (χ1v) is 8.99. The van der Waals surface area contributed by atoms with E-state index in [0.29, 0.717) is 33.9 Å². The SMILES string of the molecule is CCn1ncc(-c2cc(-c3c(OC)cccc3OC)nc(N)c2C#N)c1C.O=CO. The standard InChI is InChI=1S/C20H21N5O2.CH2O2/c1-5-25-12(2)15(11-23-25)13-9-16(24-20(22)14(13)10-21)19-17(26-3)7-6-8-18(19)27-4;2-1-3/h6-9,11H,5H2,1-4H3,(H2,22,24);1H,(H,2,3). The Balaban J connectivity index is 0.00000101. The van der Waals surface area contributed by atoms with Crippen molar-refractivity contribution in [1.29, 1.82) is 5.26 Å². The lowest BCUT2D eigenvalue weighted by Crippen LogP contribution is -2.03. The summed E-state index contributed by atoms with van der Waals surface area (Å²) in [6, 6.07) is 9.49. The lowest BCUT2D eigenvalue weighted by Gasteiger charge is -2.15. The minimum Gasteiger partial charge on any atom is -0.496 e. The first-order valence-electron chi connectivity index (χ1n) is 8.99. The number of rotatable bonds is 5. The van der Waals surface area contributed by atoms with E-state index in [0.717, 1.165) is 17.8 Å². The molecule has 0 fully saturated rings. The third-order valence-corrected chi connectivity index (χ3v) is 4.54. The van der Waals surface area contributed by atoms with E-state index in [-0.39, 0.29) is 12.3 Å². The van der Waals surface area contributed by atoms with Crippen LogP contribution in [0.4, 0.5) is 5.82 Å². The molecule has 0 radical (unpaired) electrons. The maximum Gasteiger partial charge on any atom is 0.290 e. The van der Waals surface area contributed by atoms with Gasteiger partial charge in [-0.15, -0.1) is 0 Å². The summed E-state index contributed by atoms with van der Waals surface area (Å²) in [5, 5.41) is 20.9.